The van der Waals surface area contributed by atoms with Crippen LogP contribution in [0.2, 0.25) is 0 Å². The van der Waals surface area contributed by atoms with Crippen molar-refractivity contribution in [3.8, 4) is 0 Å². The topological polar surface area (TPSA) is 61.5 Å². The molecule has 1 atom stereocenters. The van der Waals surface area contributed by atoms with Crippen molar-refractivity contribution in [1.29, 1.82) is 0 Å². The average Bonchev–Trinajstić information content (AvgIpc) is 2.48. The maximum absolute atomic E-state index is 11.5. The van der Waals surface area contributed by atoms with Gasteiger partial charge in [-0.15, -0.1) is 0 Å². The molecule has 0 saturated heterocycles. The minimum Gasteiger partial charge on any atom is -0.466 e. The number of hydrogen-bond acceptors (Lipinski definition) is 4. The van der Waals surface area contributed by atoms with Gasteiger partial charge in [0.2, 0.25) is 0 Å². The van der Waals surface area contributed by atoms with Gasteiger partial charge < -0.3 is 15.2 Å². The van der Waals surface area contributed by atoms with Crippen LogP contribution in [0.15, 0.2) is 42.5 Å². The lowest BCUT2D eigenvalue weighted by Gasteiger charge is -2.10. The molecular weight excluding hydrogens is 254 g/mol. The SMILES string of the molecule is CCOC(=O)[C@H](CN)C/C=C/COCc1ccccc1. The number of allylic oxidation sites excluding steroid dienone is 1. The number of carbonyl (C=O) groups excluding carboxylic acids is 1. The predicted octanol–water partition coefficient (Wildman–Crippen LogP) is 2.29. The quantitative estimate of drug-likeness (QED) is 0.427. The van der Waals surface area contributed by atoms with Crippen LogP contribution in [0.1, 0.15) is 18.9 Å². The van der Waals surface area contributed by atoms with E-state index in [9.17, 15) is 4.79 Å². The molecule has 0 aliphatic heterocycles. The minimum absolute atomic E-state index is 0.232. The van der Waals surface area contributed by atoms with Gasteiger partial charge >= 0.3 is 5.97 Å². The van der Waals surface area contributed by atoms with Gasteiger partial charge in [0, 0.05) is 6.54 Å². The highest BCUT2D eigenvalue weighted by atomic mass is 16.5. The highest BCUT2D eigenvalue weighted by Crippen LogP contribution is 2.05. The third-order valence-corrected chi connectivity index (χ3v) is 2.82. The van der Waals surface area contributed by atoms with Crippen molar-refractivity contribution in [3.63, 3.8) is 0 Å². The molecule has 0 unspecified atom stereocenters. The predicted molar refractivity (Wildman–Crippen MR) is 79.0 cm³/mol. The fourth-order valence-corrected chi connectivity index (χ4v) is 1.70. The zero-order chi connectivity index (χ0) is 14.6. The fraction of sp³-hybridized carbons (Fsp3) is 0.438. The summed E-state index contributed by atoms with van der Waals surface area (Å²) in [5.41, 5.74) is 6.70. The molecule has 0 radical (unpaired) electrons. The molecule has 0 heterocycles. The average molecular weight is 277 g/mol. The van der Waals surface area contributed by atoms with Gasteiger partial charge in [-0.2, -0.15) is 0 Å². The molecule has 0 aliphatic rings. The molecule has 1 rings (SSSR count). The summed E-state index contributed by atoms with van der Waals surface area (Å²) in [6.45, 7) is 3.59. The van der Waals surface area contributed by atoms with Crippen LogP contribution in [-0.2, 0) is 20.9 Å². The highest BCUT2D eigenvalue weighted by Gasteiger charge is 2.15. The number of carbonyl (C=O) groups is 1. The van der Waals surface area contributed by atoms with Gasteiger partial charge in [-0.1, -0.05) is 42.5 Å². The van der Waals surface area contributed by atoms with Crippen molar-refractivity contribution in [2.75, 3.05) is 19.8 Å². The molecule has 0 fully saturated rings. The zero-order valence-electron chi connectivity index (χ0n) is 12.0. The third kappa shape index (κ3) is 6.50. The fourth-order valence-electron chi connectivity index (χ4n) is 1.70. The highest BCUT2D eigenvalue weighted by molar-refractivity contribution is 5.72. The van der Waals surface area contributed by atoms with Crippen LogP contribution in [0, 0.1) is 5.92 Å². The minimum atomic E-state index is -0.264. The smallest absolute Gasteiger partial charge is 0.310 e. The van der Waals surface area contributed by atoms with Crippen LogP contribution in [0.5, 0.6) is 0 Å². The van der Waals surface area contributed by atoms with Crippen molar-refractivity contribution in [1.82, 2.24) is 0 Å². The van der Waals surface area contributed by atoms with Crippen LogP contribution in [0.4, 0.5) is 0 Å². The maximum atomic E-state index is 11.5. The number of esters is 1. The summed E-state index contributed by atoms with van der Waals surface area (Å²) >= 11 is 0. The summed E-state index contributed by atoms with van der Waals surface area (Å²) in [7, 11) is 0. The first kappa shape index (κ1) is 16.4. The lowest BCUT2D eigenvalue weighted by atomic mass is 10.1. The second kappa shape index (κ2) is 10.2. The maximum Gasteiger partial charge on any atom is 0.310 e. The van der Waals surface area contributed by atoms with Crippen molar-refractivity contribution < 1.29 is 14.3 Å². The van der Waals surface area contributed by atoms with Crippen molar-refractivity contribution in [2.24, 2.45) is 11.7 Å². The number of rotatable bonds is 9. The van der Waals surface area contributed by atoms with E-state index < -0.39 is 0 Å². The van der Waals surface area contributed by atoms with Crippen LogP contribution in [0.25, 0.3) is 0 Å². The van der Waals surface area contributed by atoms with E-state index in [1.54, 1.807) is 6.92 Å². The molecule has 1 aromatic carbocycles. The largest absolute Gasteiger partial charge is 0.466 e. The molecular formula is C16H23NO3. The second-order valence-electron chi connectivity index (χ2n) is 4.39. The summed E-state index contributed by atoms with van der Waals surface area (Å²) in [4.78, 5) is 11.5. The number of benzene rings is 1. The van der Waals surface area contributed by atoms with Gasteiger partial charge in [0.25, 0.3) is 0 Å². The van der Waals surface area contributed by atoms with Crippen LogP contribution in [0.3, 0.4) is 0 Å². The van der Waals surface area contributed by atoms with E-state index in [-0.39, 0.29) is 11.9 Å². The Hall–Kier alpha value is -1.65. The van der Waals surface area contributed by atoms with Crippen molar-refractivity contribution in [2.45, 2.75) is 20.0 Å². The summed E-state index contributed by atoms with van der Waals surface area (Å²) < 4.78 is 10.5. The first-order chi connectivity index (χ1) is 9.77. The first-order valence-corrected chi connectivity index (χ1v) is 6.91. The summed E-state index contributed by atoms with van der Waals surface area (Å²) in [5.74, 6) is -0.495. The molecule has 0 spiro atoms. The lowest BCUT2D eigenvalue weighted by molar-refractivity contribution is -0.147. The van der Waals surface area contributed by atoms with Gasteiger partial charge in [0.1, 0.15) is 0 Å². The number of hydrogen-bond donors (Lipinski definition) is 1. The Morgan fingerprint density at radius 2 is 2.05 bits per heavy atom. The Morgan fingerprint density at radius 1 is 1.30 bits per heavy atom. The van der Waals surface area contributed by atoms with Crippen molar-refractivity contribution in [3.05, 3.63) is 48.0 Å². The van der Waals surface area contributed by atoms with Gasteiger partial charge in [0.15, 0.2) is 0 Å². The standard InChI is InChI=1S/C16H23NO3/c1-2-20-16(18)15(12-17)10-6-7-11-19-13-14-8-4-3-5-9-14/h3-9,15H,2,10-13,17H2,1H3/b7-6+/t15-/m0/s1. The molecule has 2 N–H and O–H groups in total. The first-order valence-electron chi connectivity index (χ1n) is 6.91. The van der Waals surface area contributed by atoms with Gasteiger partial charge in [-0.05, 0) is 18.9 Å². The zero-order valence-corrected chi connectivity index (χ0v) is 12.0. The van der Waals surface area contributed by atoms with E-state index in [1.807, 2.05) is 42.5 Å². The number of ether oxygens (including phenoxy) is 2. The van der Waals surface area contributed by atoms with E-state index in [0.29, 0.717) is 32.8 Å². The van der Waals surface area contributed by atoms with Gasteiger partial charge in [-0.3, -0.25) is 4.79 Å². The Labute approximate surface area is 120 Å². The summed E-state index contributed by atoms with van der Waals surface area (Å²) in [5, 5.41) is 0. The molecule has 0 bridgehead atoms. The molecule has 0 aliphatic carbocycles. The van der Waals surface area contributed by atoms with E-state index in [2.05, 4.69) is 0 Å². The monoisotopic (exact) mass is 277 g/mol. The number of nitrogens with two attached hydrogens (primary N) is 1. The molecule has 4 heteroatoms. The molecule has 20 heavy (non-hydrogen) atoms. The molecule has 0 saturated carbocycles. The molecule has 110 valence electrons. The molecule has 0 aromatic heterocycles. The van der Waals surface area contributed by atoms with E-state index in [1.165, 1.54) is 0 Å². The lowest BCUT2D eigenvalue weighted by Crippen LogP contribution is -2.25. The van der Waals surface area contributed by atoms with E-state index in [4.69, 9.17) is 15.2 Å². The molecule has 4 nitrogen and oxygen atoms in total. The van der Waals surface area contributed by atoms with Crippen LogP contribution in [-0.4, -0.2) is 25.7 Å². The second-order valence-corrected chi connectivity index (χ2v) is 4.39. The van der Waals surface area contributed by atoms with Gasteiger partial charge in [0.05, 0.1) is 25.7 Å². The van der Waals surface area contributed by atoms with Crippen LogP contribution < -0.4 is 5.73 Å². The third-order valence-electron chi connectivity index (χ3n) is 2.82. The van der Waals surface area contributed by atoms with Crippen molar-refractivity contribution >= 4 is 5.97 Å². The Balaban J connectivity index is 2.19. The Bertz CT molecular complexity index is 403. The summed E-state index contributed by atoms with van der Waals surface area (Å²) in [6.07, 6.45) is 4.41. The Morgan fingerprint density at radius 3 is 2.70 bits per heavy atom. The molecule has 1 aromatic rings. The van der Waals surface area contributed by atoms with E-state index in [0.717, 1.165) is 5.56 Å². The van der Waals surface area contributed by atoms with E-state index >= 15 is 0 Å². The molecule has 0 amide bonds. The van der Waals surface area contributed by atoms with Crippen LogP contribution >= 0.6 is 0 Å². The van der Waals surface area contributed by atoms with Gasteiger partial charge in [-0.25, -0.2) is 0 Å². The Kier molecular flexibility index (Phi) is 8.35. The summed E-state index contributed by atoms with van der Waals surface area (Å²) in [6, 6.07) is 10.00. The normalized spacial score (nSPS) is 12.5.